The van der Waals surface area contributed by atoms with Crippen molar-refractivity contribution in [3.8, 4) is 11.3 Å². The normalized spacial score (nSPS) is 18.4. The van der Waals surface area contributed by atoms with E-state index >= 15 is 0 Å². The third-order valence-electron chi connectivity index (χ3n) is 3.95. The van der Waals surface area contributed by atoms with E-state index in [-0.39, 0.29) is 12.0 Å². The molecule has 2 aromatic rings. The van der Waals surface area contributed by atoms with Crippen molar-refractivity contribution in [3.05, 3.63) is 42.1 Å². The predicted octanol–water partition coefficient (Wildman–Crippen LogP) is 2.72. The zero-order valence-electron chi connectivity index (χ0n) is 12.8. The van der Waals surface area contributed by atoms with E-state index in [1.807, 2.05) is 48.2 Å². The first-order valence-corrected chi connectivity index (χ1v) is 7.79. The number of aromatic nitrogens is 2. The van der Waals surface area contributed by atoms with Crippen LogP contribution in [0, 0.1) is 0 Å². The summed E-state index contributed by atoms with van der Waals surface area (Å²) in [5, 5.41) is 7.12. The molecule has 1 aromatic carbocycles. The zero-order chi connectivity index (χ0) is 15.4. The number of carbonyl (C=O) groups is 1. The van der Waals surface area contributed by atoms with Gasteiger partial charge in [-0.3, -0.25) is 9.89 Å². The summed E-state index contributed by atoms with van der Waals surface area (Å²) in [6.07, 6.45) is 2.16. The Morgan fingerprint density at radius 1 is 1.41 bits per heavy atom. The van der Waals surface area contributed by atoms with Crippen LogP contribution in [-0.2, 0) is 4.74 Å². The molecule has 2 heterocycles. The average molecular weight is 299 g/mol. The van der Waals surface area contributed by atoms with Crippen LogP contribution >= 0.6 is 0 Å². The summed E-state index contributed by atoms with van der Waals surface area (Å²) in [5.41, 5.74) is 2.34. The van der Waals surface area contributed by atoms with Crippen LogP contribution in [-0.4, -0.2) is 46.8 Å². The Hall–Kier alpha value is -2.14. The summed E-state index contributed by atoms with van der Waals surface area (Å²) in [5.74, 6) is -0.000848. The molecule has 0 saturated carbocycles. The van der Waals surface area contributed by atoms with Gasteiger partial charge in [-0.05, 0) is 25.8 Å². The van der Waals surface area contributed by atoms with Gasteiger partial charge in [0.1, 0.15) is 5.69 Å². The average Bonchev–Trinajstić information content (AvgIpc) is 3.05. The largest absolute Gasteiger partial charge is 0.377 e. The number of H-pyrrole nitrogens is 1. The molecule has 1 aliphatic rings. The van der Waals surface area contributed by atoms with Gasteiger partial charge in [0.05, 0.1) is 11.8 Å². The molecule has 1 saturated heterocycles. The van der Waals surface area contributed by atoms with Crippen molar-refractivity contribution in [3.63, 3.8) is 0 Å². The van der Waals surface area contributed by atoms with Crippen LogP contribution in [0.2, 0.25) is 0 Å². The minimum atomic E-state index is -0.000848. The fourth-order valence-corrected chi connectivity index (χ4v) is 2.85. The van der Waals surface area contributed by atoms with Crippen LogP contribution in [0.15, 0.2) is 36.4 Å². The summed E-state index contributed by atoms with van der Waals surface area (Å²) in [6.45, 7) is 4.12. The van der Waals surface area contributed by atoms with Crippen LogP contribution in [0.3, 0.4) is 0 Å². The lowest BCUT2D eigenvalue weighted by atomic mass is 10.1. The predicted molar refractivity (Wildman–Crippen MR) is 84.6 cm³/mol. The van der Waals surface area contributed by atoms with Gasteiger partial charge < -0.3 is 9.64 Å². The Morgan fingerprint density at radius 3 is 3.00 bits per heavy atom. The molecule has 1 aliphatic heterocycles. The van der Waals surface area contributed by atoms with Gasteiger partial charge in [-0.2, -0.15) is 5.10 Å². The lowest BCUT2D eigenvalue weighted by molar-refractivity contribution is 0.00703. The number of likely N-dealkylation sites (tertiary alicyclic amines) is 1. The number of rotatable bonds is 4. The molecule has 1 N–H and O–H groups in total. The monoisotopic (exact) mass is 299 g/mol. The number of nitrogens with zero attached hydrogens (tertiary/aromatic N) is 2. The van der Waals surface area contributed by atoms with Gasteiger partial charge in [-0.25, -0.2) is 0 Å². The third kappa shape index (κ3) is 3.20. The fourth-order valence-electron chi connectivity index (χ4n) is 2.85. The number of nitrogens with one attached hydrogen (secondary N) is 1. The van der Waals surface area contributed by atoms with Crippen molar-refractivity contribution in [2.45, 2.75) is 25.9 Å². The molecule has 1 atom stereocenters. The highest BCUT2D eigenvalue weighted by Gasteiger charge is 2.25. The molecule has 116 valence electrons. The molecule has 1 aromatic heterocycles. The van der Waals surface area contributed by atoms with E-state index in [0.717, 1.165) is 30.6 Å². The summed E-state index contributed by atoms with van der Waals surface area (Å²) < 4.78 is 5.65. The van der Waals surface area contributed by atoms with E-state index in [0.29, 0.717) is 18.8 Å². The highest BCUT2D eigenvalue weighted by molar-refractivity contribution is 5.93. The molecule has 1 unspecified atom stereocenters. The quantitative estimate of drug-likeness (QED) is 0.944. The van der Waals surface area contributed by atoms with Crippen molar-refractivity contribution >= 4 is 5.91 Å². The number of benzene rings is 1. The molecule has 3 rings (SSSR count). The first kappa shape index (κ1) is 14.8. The standard InChI is InChI=1S/C17H21N3O2/c1-2-22-14-9-6-10-20(12-14)17(21)16-11-15(18-19-16)13-7-4-3-5-8-13/h3-5,7-8,11,14H,2,6,9-10,12H2,1H3,(H,18,19). The van der Waals surface area contributed by atoms with Crippen LogP contribution in [0.1, 0.15) is 30.3 Å². The van der Waals surface area contributed by atoms with E-state index in [9.17, 15) is 4.79 Å². The number of ether oxygens (including phenoxy) is 1. The maximum atomic E-state index is 12.6. The molecule has 1 amide bonds. The summed E-state index contributed by atoms with van der Waals surface area (Å²) in [7, 11) is 0. The van der Waals surface area contributed by atoms with Crippen molar-refractivity contribution < 1.29 is 9.53 Å². The van der Waals surface area contributed by atoms with E-state index in [1.54, 1.807) is 0 Å². The zero-order valence-corrected chi connectivity index (χ0v) is 12.8. The van der Waals surface area contributed by atoms with Crippen molar-refractivity contribution in [1.82, 2.24) is 15.1 Å². The number of hydrogen-bond donors (Lipinski definition) is 1. The Morgan fingerprint density at radius 2 is 2.23 bits per heavy atom. The number of aromatic amines is 1. The third-order valence-corrected chi connectivity index (χ3v) is 3.95. The SMILES string of the molecule is CCOC1CCCN(C(=O)c2cc(-c3ccccc3)n[nH]2)C1. The number of carbonyl (C=O) groups excluding carboxylic acids is 1. The van der Waals surface area contributed by atoms with Gasteiger partial charge in [0.25, 0.3) is 5.91 Å². The van der Waals surface area contributed by atoms with Crippen LogP contribution in [0.5, 0.6) is 0 Å². The van der Waals surface area contributed by atoms with Crippen LogP contribution in [0.4, 0.5) is 0 Å². The maximum Gasteiger partial charge on any atom is 0.271 e. The van der Waals surface area contributed by atoms with E-state index in [1.165, 1.54) is 0 Å². The molecular weight excluding hydrogens is 278 g/mol. The summed E-state index contributed by atoms with van der Waals surface area (Å²) >= 11 is 0. The Balaban J connectivity index is 1.71. The fraction of sp³-hybridized carbons (Fsp3) is 0.412. The molecule has 5 heteroatoms. The van der Waals surface area contributed by atoms with Gasteiger partial charge in [-0.15, -0.1) is 0 Å². The van der Waals surface area contributed by atoms with Gasteiger partial charge in [0.2, 0.25) is 0 Å². The number of amides is 1. The highest BCUT2D eigenvalue weighted by atomic mass is 16.5. The van der Waals surface area contributed by atoms with Crippen LogP contribution < -0.4 is 0 Å². The van der Waals surface area contributed by atoms with Gasteiger partial charge in [0, 0.05) is 25.3 Å². The minimum absolute atomic E-state index is 0.000848. The van der Waals surface area contributed by atoms with Crippen LogP contribution in [0.25, 0.3) is 11.3 Å². The number of piperidine rings is 1. The van der Waals surface area contributed by atoms with Crippen molar-refractivity contribution in [2.75, 3.05) is 19.7 Å². The lowest BCUT2D eigenvalue weighted by Crippen LogP contribution is -2.43. The first-order valence-electron chi connectivity index (χ1n) is 7.79. The molecule has 0 aliphatic carbocycles. The molecule has 22 heavy (non-hydrogen) atoms. The van der Waals surface area contributed by atoms with Crippen molar-refractivity contribution in [1.29, 1.82) is 0 Å². The topological polar surface area (TPSA) is 58.2 Å². The minimum Gasteiger partial charge on any atom is -0.377 e. The van der Waals surface area contributed by atoms with Gasteiger partial charge in [0.15, 0.2) is 0 Å². The molecule has 0 spiro atoms. The van der Waals surface area contributed by atoms with Crippen molar-refractivity contribution in [2.24, 2.45) is 0 Å². The van der Waals surface area contributed by atoms with Gasteiger partial charge in [-0.1, -0.05) is 30.3 Å². The van der Waals surface area contributed by atoms with E-state index < -0.39 is 0 Å². The highest BCUT2D eigenvalue weighted by Crippen LogP contribution is 2.20. The number of hydrogen-bond acceptors (Lipinski definition) is 3. The van der Waals surface area contributed by atoms with Gasteiger partial charge >= 0.3 is 0 Å². The summed E-state index contributed by atoms with van der Waals surface area (Å²) in [4.78, 5) is 14.4. The molecule has 0 bridgehead atoms. The molecule has 0 radical (unpaired) electrons. The summed E-state index contributed by atoms with van der Waals surface area (Å²) in [6, 6.07) is 11.7. The molecular formula is C17H21N3O2. The first-order chi connectivity index (χ1) is 10.8. The maximum absolute atomic E-state index is 12.6. The Labute approximate surface area is 130 Å². The van der Waals surface area contributed by atoms with E-state index in [2.05, 4.69) is 10.2 Å². The second kappa shape index (κ2) is 6.75. The second-order valence-electron chi connectivity index (χ2n) is 5.50. The Kier molecular flexibility index (Phi) is 4.53. The molecule has 1 fully saturated rings. The molecule has 5 nitrogen and oxygen atoms in total. The van der Waals surface area contributed by atoms with E-state index in [4.69, 9.17) is 4.74 Å². The lowest BCUT2D eigenvalue weighted by Gasteiger charge is -2.32. The Bertz CT molecular complexity index is 622. The second-order valence-corrected chi connectivity index (χ2v) is 5.50. The smallest absolute Gasteiger partial charge is 0.271 e.